The van der Waals surface area contributed by atoms with Crippen LogP contribution in [0.25, 0.3) is 0 Å². The molecule has 0 saturated heterocycles. The molecule has 2 aromatic carbocycles. The van der Waals surface area contributed by atoms with Crippen LogP contribution < -0.4 is 10.2 Å². The molecule has 0 aliphatic heterocycles. The summed E-state index contributed by atoms with van der Waals surface area (Å²) in [5.74, 6) is 0.196. The predicted octanol–water partition coefficient (Wildman–Crippen LogP) is 4.08. The first-order chi connectivity index (χ1) is 12.6. The first-order valence-corrected chi connectivity index (χ1v) is 9.34. The lowest BCUT2D eigenvalue weighted by Crippen LogP contribution is -2.25. The maximum Gasteiger partial charge on any atom is 0.234 e. The van der Waals surface area contributed by atoms with E-state index in [0.717, 1.165) is 17.1 Å². The maximum absolute atomic E-state index is 12.1. The van der Waals surface area contributed by atoms with E-state index in [9.17, 15) is 4.79 Å². The molecule has 0 aliphatic rings. The van der Waals surface area contributed by atoms with Gasteiger partial charge in [0.25, 0.3) is 0 Å². The molecule has 2 N–H and O–H groups in total. The molecule has 0 fully saturated rings. The molecule has 1 aromatic heterocycles. The number of carbonyl (C=O) groups is 1. The van der Waals surface area contributed by atoms with E-state index < -0.39 is 0 Å². The van der Waals surface area contributed by atoms with Crippen molar-refractivity contribution >= 4 is 34.7 Å². The first kappa shape index (κ1) is 18.0. The van der Waals surface area contributed by atoms with Crippen LogP contribution in [0.5, 0.6) is 0 Å². The summed E-state index contributed by atoms with van der Waals surface area (Å²) in [5.41, 5.74) is 3.00. The highest BCUT2D eigenvalue weighted by Crippen LogP contribution is 2.28. The summed E-state index contributed by atoms with van der Waals surface area (Å²) in [6, 6.07) is 18.5. The number of nitrogens with zero attached hydrogens (tertiary/aromatic N) is 3. The Balaban J connectivity index is 1.64. The van der Waals surface area contributed by atoms with Gasteiger partial charge in [-0.1, -0.05) is 30.0 Å². The van der Waals surface area contributed by atoms with Crippen LogP contribution in [-0.4, -0.2) is 32.9 Å². The Hall–Kier alpha value is -2.80. The highest BCUT2D eigenvalue weighted by atomic mass is 32.2. The smallest absolute Gasteiger partial charge is 0.234 e. The molecule has 7 heteroatoms. The van der Waals surface area contributed by atoms with Crippen LogP contribution in [0, 0.1) is 0 Å². The van der Waals surface area contributed by atoms with E-state index in [2.05, 4.69) is 51.4 Å². The SMILES string of the molecule is CC(C)N(c1ccccc1)c1ccc(NC(=O)CSc2ncn[nH]2)cc1. The third-order valence-corrected chi connectivity index (χ3v) is 4.59. The molecule has 0 atom stereocenters. The van der Waals surface area contributed by atoms with Gasteiger partial charge < -0.3 is 10.2 Å². The van der Waals surface area contributed by atoms with Gasteiger partial charge in [0, 0.05) is 23.1 Å². The normalized spacial score (nSPS) is 10.7. The summed E-state index contributed by atoms with van der Waals surface area (Å²) < 4.78 is 0. The van der Waals surface area contributed by atoms with Gasteiger partial charge in [-0.25, -0.2) is 4.98 Å². The molecule has 3 aromatic rings. The molecule has 0 saturated carbocycles. The van der Waals surface area contributed by atoms with Crippen molar-refractivity contribution in [3.8, 4) is 0 Å². The van der Waals surface area contributed by atoms with Crippen molar-refractivity contribution in [3.63, 3.8) is 0 Å². The van der Waals surface area contributed by atoms with Gasteiger partial charge in [-0.05, 0) is 50.2 Å². The van der Waals surface area contributed by atoms with E-state index in [1.807, 2.05) is 42.5 Å². The number of para-hydroxylation sites is 1. The van der Waals surface area contributed by atoms with Crippen molar-refractivity contribution in [3.05, 3.63) is 60.9 Å². The number of aromatic amines is 1. The van der Waals surface area contributed by atoms with E-state index in [1.165, 1.54) is 18.1 Å². The third-order valence-electron chi connectivity index (χ3n) is 3.71. The van der Waals surface area contributed by atoms with Crippen LogP contribution in [0.1, 0.15) is 13.8 Å². The lowest BCUT2D eigenvalue weighted by atomic mass is 10.2. The zero-order valence-corrected chi connectivity index (χ0v) is 15.5. The summed E-state index contributed by atoms with van der Waals surface area (Å²) in [5, 5.41) is 10.0. The maximum atomic E-state index is 12.1. The van der Waals surface area contributed by atoms with Gasteiger partial charge in [-0.3, -0.25) is 9.89 Å². The van der Waals surface area contributed by atoms with Crippen LogP contribution in [0.15, 0.2) is 66.1 Å². The van der Waals surface area contributed by atoms with Crippen molar-refractivity contribution < 1.29 is 4.79 Å². The zero-order chi connectivity index (χ0) is 18.4. The summed E-state index contributed by atoms with van der Waals surface area (Å²) in [7, 11) is 0. The Bertz CT molecular complexity index is 819. The van der Waals surface area contributed by atoms with Crippen molar-refractivity contribution in [2.75, 3.05) is 16.0 Å². The van der Waals surface area contributed by atoms with Crippen LogP contribution in [-0.2, 0) is 4.79 Å². The van der Waals surface area contributed by atoms with E-state index in [4.69, 9.17) is 0 Å². The number of carbonyl (C=O) groups excluding carboxylic acids is 1. The van der Waals surface area contributed by atoms with Crippen molar-refractivity contribution in [1.29, 1.82) is 0 Å². The van der Waals surface area contributed by atoms with Crippen molar-refractivity contribution in [2.24, 2.45) is 0 Å². The molecular formula is C19H21N5OS. The minimum absolute atomic E-state index is 0.0806. The average Bonchev–Trinajstić information content (AvgIpc) is 3.16. The molecule has 1 heterocycles. The lowest BCUT2D eigenvalue weighted by molar-refractivity contribution is -0.113. The molecule has 0 bridgehead atoms. The molecule has 0 radical (unpaired) electrons. The van der Waals surface area contributed by atoms with Gasteiger partial charge >= 0.3 is 0 Å². The first-order valence-electron chi connectivity index (χ1n) is 8.36. The summed E-state index contributed by atoms with van der Waals surface area (Å²) >= 11 is 1.31. The quantitative estimate of drug-likeness (QED) is 0.616. The number of H-pyrrole nitrogens is 1. The molecule has 26 heavy (non-hydrogen) atoms. The Morgan fingerprint density at radius 2 is 1.81 bits per heavy atom. The minimum Gasteiger partial charge on any atom is -0.339 e. The van der Waals surface area contributed by atoms with Gasteiger partial charge in [0.2, 0.25) is 5.91 Å². The van der Waals surface area contributed by atoms with E-state index in [-0.39, 0.29) is 11.7 Å². The third kappa shape index (κ3) is 4.64. The largest absolute Gasteiger partial charge is 0.339 e. The minimum atomic E-state index is -0.0806. The molecule has 0 unspecified atom stereocenters. The number of hydrogen-bond acceptors (Lipinski definition) is 5. The second-order valence-corrected chi connectivity index (χ2v) is 6.94. The van der Waals surface area contributed by atoms with Gasteiger partial charge in [0.1, 0.15) is 6.33 Å². The number of benzene rings is 2. The second kappa shape index (κ2) is 8.53. The van der Waals surface area contributed by atoms with Crippen LogP contribution >= 0.6 is 11.8 Å². The topological polar surface area (TPSA) is 73.9 Å². The fraction of sp³-hybridized carbons (Fsp3) is 0.211. The fourth-order valence-electron chi connectivity index (χ4n) is 2.63. The van der Waals surface area contributed by atoms with E-state index in [1.54, 1.807) is 0 Å². The molecule has 1 amide bonds. The lowest BCUT2D eigenvalue weighted by Gasteiger charge is -2.29. The van der Waals surface area contributed by atoms with Crippen molar-refractivity contribution in [2.45, 2.75) is 25.0 Å². The highest BCUT2D eigenvalue weighted by Gasteiger charge is 2.13. The number of thioether (sulfide) groups is 1. The van der Waals surface area contributed by atoms with Gasteiger partial charge in [0.05, 0.1) is 5.75 Å². The van der Waals surface area contributed by atoms with Crippen LogP contribution in [0.2, 0.25) is 0 Å². The molecule has 3 rings (SSSR count). The number of anilines is 3. The predicted molar refractivity (Wildman–Crippen MR) is 106 cm³/mol. The Labute approximate surface area is 157 Å². The molecular weight excluding hydrogens is 346 g/mol. The summed E-state index contributed by atoms with van der Waals surface area (Å²) in [6.07, 6.45) is 1.42. The summed E-state index contributed by atoms with van der Waals surface area (Å²) in [4.78, 5) is 18.3. The molecule has 6 nitrogen and oxygen atoms in total. The zero-order valence-electron chi connectivity index (χ0n) is 14.7. The van der Waals surface area contributed by atoms with Crippen LogP contribution in [0.3, 0.4) is 0 Å². The van der Waals surface area contributed by atoms with Crippen molar-refractivity contribution in [1.82, 2.24) is 15.2 Å². The Morgan fingerprint density at radius 3 is 2.42 bits per heavy atom. The van der Waals surface area contributed by atoms with E-state index >= 15 is 0 Å². The molecule has 0 spiro atoms. The van der Waals surface area contributed by atoms with Gasteiger partial charge in [-0.2, -0.15) is 5.10 Å². The van der Waals surface area contributed by atoms with Gasteiger partial charge in [-0.15, -0.1) is 0 Å². The molecule has 134 valence electrons. The standard InChI is InChI=1S/C19H21N5OS/c1-14(2)24(16-6-4-3-5-7-16)17-10-8-15(9-11-17)22-18(25)12-26-19-20-13-21-23-19/h3-11,13-14H,12H2,1-2H3,(H,22,25)(H,20,21,23). The monoisotopic (exact) mass is 367 g/mol. The Morgan fingerprint density at radius 1 is 1.12 bits per heavy atom. The second-order valence-electron chi connectivity index (χ2n) is 5.97. The number of aromatic nitrogens is 3. The highest BCUT2D eigenvalue weighted by molar-refractivity contribution is 7.99. The number of hydrogen-bond donors (Lipinski definition) is 2. The number of nitrogens with one attached hydrogen (secondary N) is 2. The van der Waals surface area contributed by atoms with E-state index in [0.29, 0.717) is 11.2 Å². The number of rotatable bonds is 7. The number of amides is 1. The van der Waals surface area contributed by atoms with Crippen LogP contribution in [0.4, 0.5) is 17.1 Å². The van der Waals surface area contributed by atoms with Gasteiger partial charge in [0.15, 0.2) is 5.16 Å². The average molecular weight is 367 g/mol. The fourth-order valence-corrected chi connectivity index (χ4v) is 3.21. The summed E-state index contributed by atoms with van der Waals surface area (Å²) in [6.45, 7) is 4.31. The Kier molecular flexibility index (Phi) is 5.91. The molecule has 0 aliphatic carbocycles.